The van der Waals surface area contributed by atoms with Gasteiger partial charge < -0.3 is 0 Å². The van der Waals surface area contributed by atoms with Gasteiger partial charge in [-0.1, -0.05) is 0 Å². The van der Waals surface area contributed by atoms with Gasteiger partial charge in [0.1, 0.15) is 6.33 Å². The summed E-state index contributed by atoms with van der Waals surface area (Å²) in [6, 6.07) is 0. The third kappa shape index (κ3) is 1.49. The largest absolute Gasteiger partial charge is 0.252 e. The monoisotopic (exact) mass is 154 g/mol. The van der Waals surface area contributed by atoms with Crippen molar-refractivity contribution in [3.05, 3.63) is 23.8 Å². The Bertz CT molecular complexity index is 304. The molecule has 1 heterocycles. The van der Waals surface area contributed by atoms with Gasteiger partial charge in [0.15, 0.2) is 0 Å². The van der Waals surface area contributed by atoms with Gasteiger partial charge in [-0.15, -0.1) is 12.3 Å². The zero-order valence-electron chi connectivity index (χ0n) is 5.51. The smallest absolute Gasteiger partial charge is 0.237 e. The molecular weight excluding hydrogens is 150 g/mol. The molecule has 1 aromatic rings. The van der Waals surface area contributed by atoms with E-state index in [0.29, 0.717) is 0 Å². The number of aromatic nitrogens is 2. The summed E-state index contributed by atoms with van der Waals surface area (Å²) in [7, 11) is 0. The zero-order valence-corrected chi connectivity index (χ0v) is 5.51. The van der Waals surface area contributed by atoms with Crippen LogP contribution in [-0.2, 0) is 6.42 Å². The molecule has 2 nitrogen and oxygen atoms in total. The van der Waals surface area contributed by atoms with Crippen molar-refractivity contribution in [3.63, 3.8) is 0 Å². The molecule has 11 heavy (non-hydrogen) atoms. The summed E-state index contributed by atoms with van der Waals surface area (Å²) in [4.78, 5) is 6.46. The highest BCUT2D eigenvalue weighted by Gasteiger charge is 2.08. The van der Waals surface area contributed by atoms with Crippen LogP contribution in [0.1, 0.15) is 5.69 Å². The molecule has 4 heteroatoms. The number of hydrogen-bond acceptors (Lipinski definition) is 2. The lowest BCUT2D eigenvalue weighted by atomic mass is 10.3. The molecule has 0 unspecified atom stereocenters. The number of hydrogen-bond donors (Lipinski definition) is 0. The van der Waals surface area contributed by atoms with Crippen molar-refractivity contribution in [3.8, 4) is 12.3 Å². The SMILES string of the molecule is C#CCc1ncnc(F)c1F. The van der Waals surface area contributed by atoms with E-state index in [0.717, 1.165) is 6.33 Å². The van der Waals surface area contributed by atoms with Gasteiger partial charge in [-0.2, -0.15) is 8.78 Å². The van der Waals surface area contributed by atoms with Crippen molar-refractivity contribution in [2.24, 2.45) is 0 Å². The topological polar surface area (TPSA) is 25.8 Å². The lowest BCUT2D eigenvalue weighted by molar-refractivity contribution is 0.464. The van der Waals surface area contributed by atoms with E-state index in [1.54, 1.807) is 0 Å². The second-order valence-corrected chi connectivity index (χ2v) is 1.81. The fraction of sp³-hybridized carbons (Fsp3) is 0.143. The molecule has 0 radical (unpaired) electrons. The van der Waals surface area contributed by atoms with Crippen molar-refractivity contribution in [2.45, 2.75) is 6.42 Å². The number of nitrogens with zero attached hydrogens (tertiary/aromatic N) is 2. The summed E-state index contributed by atoms with van der Waals surface area (Å²) in [5.74, 6) is -0.0711. The minimum Gasteiger partial charge on any atom is -0.237 e. The van der Waals surface area contributed by atoms with Gasteiger partial charge in [0.05, 0.1) is 12.1 Å². The quantitative estimate of drug-likeness (QED) is 0.444. The summed E-state index contributed by atoms with van der Waals surface area (Å²) in [6.07, 6.45) is 5.79. The van der Waals surface area contributed by atoms with Crippen LogP contribution in [0.5, 0.6) is 0 Å². The molecule has 0 atom stereocenters. The molecule has 0 N–H and O–H groups in total. The van der Waals surface area contributed by atoms with Crippen LogP contribution in [0.3, 0.4) is 0 Å². The third-order valence-corrected chi connectivity index (χ3v) is 1.09. The minimum absolute atomic E-state index is 0.0225. The van der Waals surface area contributed by atoms with E-state index in [1.165, 1.54) is 0 Å². The van der Waals surface area contributed by atoms with E-state index in [1.807, 2.05) is 0 Å². The molecule has 0 aliphatic rings. The molecule has 0 spiro atoms. The Morgan fingerprint density at radius 2 is 2.18 bits per heavy atom. The van der Waals surface area contributed by atoms with E-state index in [4.69, 9.17) is 6.42 Å². The van der Waals surface area contributed by atoms with Crippen molar-refractivity contribution >= 4 is 0 Å². The standard InChI is InChI=1S/C7H4F2N2/c1-2-3-5-6(8)7(9)11-4-10-5/h1,4H,3H2. The molecule has 0 aliphatic heterocycles. The van der Waals surface area contributed by atoms with E-state index in [-0.39, 0.29) is 12.1 Å². The van der Waals surface area contributed by atoms with Gasteiger partial charge >= 0.3 is 0 Å². The van der Waals surface area contributed by atoms with Crippen LogP contribution in [0, 0.1) is 24.1 Å². The average molecular weight is 154 g/mol. The summed E-state index contributed by atoms with van der Waals surface area (Å²) >= 11 is 0. The van der Waals surface area contributed by atoms with Gasteiger partial charge in [0.2, 0.25) is 5.82 Å². The molecule has 0 fully saturated rings. The van der Waals surface area contributed by atoms with Gasteiger partial charge in [-0.25, -0.2) is 9.97 Å². The van der Waals surface area contributed by atoms with Gasteiger partial charge in [-0.05, 0) is 0 Å². The van der Waals surface area contributed by atoms with Crippen molar-refractivity contribution in [1.82, 2.24) is 9.97 Å². The normalized spacial score (nSPS) is 9.18. The van der Waals surface area contributed by atoms with Gasteiger partial charge in [-0.3, -0.25) is 0 Å². The van der Waals surface area contributed by atoms with Crippen LogP contribution in [0.15, 0.2) is 6.33 Å². The summed E-state index contributed by atoms with van der Waals surface area (Å²) < 4.78 is 24.9. The highest BCUT2D eigenvalue weighted by Crippen LogP contribution is 2.05. The van der Waals surface area contributed by atoms with Crippen molar-refractivity contribution in [1.29, 1.82) is 0 Å². The maximum Gasteiger partial charge on any atom is 0.252 e. The molecule has 1 aromatic heterocycles. The van der Waals surface area contributed by atoms with Gasteiger partial charge in [0, 0.05) is 0 Å². The highest BCUT2D eigenvalue weighted by atomic mass is 19.2. The predicted molar refractivity (Wildman–Crippen MR) is 34.5 cm³/mol. The predicted octanol–water partition coefficient (Wildman–Crippen LogP) is 0.930. The summed E-state index contributed by atoms with van der Waals surface area (Å²) in [5, 5.41) is 0. The molecule has 0 amide bonds. The fourth-order valence-corrected chi connectivity index (χ4v) is 0.602. The Labute approximate surface area is 62.3 Å². The van der Waals surface area contributed by atoms with Crippen LogP contribution in [0.2, 0.25) is 0 Å². The van der Waals surface area contributed by atoms with E-state index >= 15 is 0 Å². The molecule has 0 aliphatic carbocycles. The second-order valence-electron chi connectivity index (χ2n) is 1.81. The van der Waals surface area contributed by atoms with Crippen LogP contribution >= 0.6 is 0 Å². The number of rotatable bonds is 1. The van der Waals surface area contributed by atoms with Crippen LogP contribution in [0.25, 0.3) is 0 Å². The number of terminal acetylenes is 1. The molecule has 0 saturated carbocycles. The van der Waals surface area contributed by atoms with Crippen LogP contribution < -0.4 is 0 Å². The molecule has 0 saturated heterocycles. The maximum atomic E-state index is 12.6. The average Bonchev–Trinajstić information content (AvgIpc) is 1.99. The Morgan fingerprint density at radius 1 is 1.45 bits per heavy atom. The highest BCUT2D eigenvalue weighted by molar-refractivity contribution is 5.10. The first-order valence-corrected chi connectivity index (χ1v) is 2.84. The summed E-state index contributed by atoms with van der Waals surface area (Å²) in [6.45, 7) is 0. The van der Waals surface area contributed by atoms with E-state index < -0.39 is 11.8 Å². The maximum absolute atomic E-state index is 12.6. The Hall–Kier alpha value is -1.50. The van der Waals surface area contributed by atoms with Crippen LogP contribution in [-0.4, -0.2) is 9.97 Å². The molecule has 0 aromatic carbocycles. The van der Waals surface area contributed by atoms with Gasteiger partial charge in [0.25, 0.3) is 5.95 Å². The fourth-order valence-electron chi connectivity index (χ4n) is 0.602. The lowest BCUT2D eigenvalue weighted by Gasteiger charge is -1.95. The zero-order chi connectivity index (χ0) is 8.27. The first-order valence-electron chi connectivity index (χ1n) is 2.84. The lowest BCUT2D eigenvalue weighted by Crippen LogP contribution is -1.99. The Morgan fingerprint density at radius 3 is 2.82 bits per heavy atom. The van der Waals surface area contributed by atoms with E-state index in [2.05, 4.69) is 15.9 Å². The summed E-state index contributed by atoms with van der Waals surface area (Å²) in [5.41, 5.74) is -0.0833. The molecule has 56 valence electrons. The Balaban J connectivity index is 3.08. The van der Waals surface area contributed by atoms with Crippen molar-refractivity contribution in [2.75, 3.05) is 0 Å². The first kappa shape index (κ1) is 7.61. The van der Waals surface area contributed by atoms with Crippen LogP contribution in [0.4, 0.5) is 8.78 Å². The third-order valence-electron chi connectivity index (χ3n) is 1.09. The molecular formula is C7H4F2N2. The molecule has 1 rings (SSSR count). The first-order chi connectivity index (χ1) is 5.25. The minimum atomic E-state index is -1.16. The number of halogens is 2. The second kappa shape index (κ2) is 3.06. The van der Waals surface area contributed by atoms with Crippen molar-refractivity contribution < 1.29 is 8.78 Å². The van der Waals surface area contributed by atoms with E-state index in [9.17, 15) is 8.78 Å². The Kier molecular flexibility index (Phi) is 2.12. The molecule has 0 bridgehead atoms.